The molecule has 11 heteroatoms. The van der Waals surface area contributed by atoms with Crippen LogP contribution < -0.4 is 10.6 Å². The van der Waals surface area contributed by atoms with Gasteiger partial charge in [-0.15, -0.1) is 0 Å². The molecule has 1 aliphatic rings. The van der Waals surface area contributed by atoms with Gasteiger partial charge in [0, 0.05) is 42.4 Å². The molecule has 0 spiro atoms. The van der Waals surface area contributed by atoms with E-state index in [4.69, 9.17) is 22.1 Å². The second-order valence-electron chi connectivity index (χ2n) is 9.18. The number of halogens is 2. The topological polar surface area (TPSA) is 119 Å². The van der Waals surface area contributed by atoms with Gasteiger partial charge in [0.05, 0.1) is 14.8 Å². The first-order chi connectivity index (χ1) is 17.1. The van der Waals surface area contributed by atoms with E-state index in [0.717, 1.165) is 5.39 Å². The Hall–Kier alpha value is -3.05. The molecule has 4 N–H and O–H groups in total. The van der Waals surface area contributed by atoms with Crippen LogP contribution >= 0.6 is 11.6 Å². The molecule has 3 aromatic carbocycles. The van der Waals surface area contributed by atoms with Crippen LogP contribution in [0, 0.1) is 10.6 Å². The highest BCUT2D eigenvalue weighted by Crippen LogP contribution is 2.42. The van der Waals surface area contributed by atoms with Crippen LogP contribution in [0.3, 0.4) is 0 Å². The molecule has 1 atom stereocenters. The van der Waals surface area contributed by atoms with Gasteiger partial charge in [-0.1, -0.05) is 35.9 Å². The highest BCUT2D eigenvalue weighted by molar-refractivity contribution is 7.92. The van der Waals surface area contributed by atoms with Crippen molar-refractivity contribution in [3.05, 3.63) is 53.3 Å². The standard InChI is InChI=1S/C25H26ClFN6O2S/c1-32(2)15-12-33(13-15)25-30-23-19(24(31-25)36(29,35)8-7-28)11-20(26)21(22(23)27)18-10-16(34)9-14-5-3-4-6-17(14)18/h3-6,9-11,15,29,34H,7-8,12-13,28H2,1-2H3. The average molecular weight is 529 g/mol. The number of phenolic OH excluding ortho intramolecular Hbond substituents is 1. The van der Waals surface area contributed by atoms with Crippen molar-refractivity contribution in [1.82, 2.24) is 14.9 Å². The van der Waals surface area contributed by atoms with E-state index in [-0.39, 0.29) is 56.6 Å². The number of likely N-dealkylation sites (N-methyl/N-ethyl adjacent to an activating group) is 1. The summed E-state index contributed by atoms with van der Waals surface area (Å²) in [7, 11) is 0.507. The average Bonchev–Trinajstić information content (AvgIpc) is 2.77. The Balaban J connectivity index is 1.79. The van der Waals surface area contributed by atoms with Gasteiger partial charge >= 0.3 is 0 Å². The molecule has 2 heterocycles. The summed E-state index contributed by atoms with van der Waals surface area (Å²) in [4.78, 5) is 12.9. The molecule has 1 aliphatic heterocycles. The Bertz CT molecular complexity index is 1610. The first-order valence-electron chi connectivity index (χ1n) is 11.4. The Morgan fingerprint density at radius 2 is 1.94 bits per heavy atom. The summed E-state index contributed by atoms with van der Waals surface area (Å²) < 4.78 is 38.2. The van der Waals surface area contributed by atoms with Crippen molar-refractivity contribution < 1.29 is 13.7 Å². The quantitative estimate of drug-likeness (QED) is 0.323. The number of fused-ring (bicyclic) bond motifs is 2. The maximum absolute atomic E-state index is 16.3. The van der Waals surface area contributed by atoms with Crippen LogP contribution in [0.15, 0.2) is 47.5 Å². The van der Waals surface area contributed by atoms with E-state index in [1.807, 2.05) is 43.3 Å². The van der Waals surface area contributed by atoms with Gasteiger partial charge in [-0.2, -0.15) is 0 Å². The molecule has 0 saturated carbocycles. The third-order valence-corrected chi connectivity index (χ3v) is 8.59. The predicted molar refractivity (Wildman–Crippen MR) is 142 cm³/mol. The minimum Gasteiger partial charge on any atom is -0.508 e. The zero-order valence-electron chi connectivity index (χ0n) is 19.8. The normalized spacial score (nSPS) is 16.0. The van der Waals surface area contributed by atoms with Crippen LogP contribution in [0.25, 0.3) is 32.8 Å². The lowest BCUT2D eigenvalue weighted by molar-refractivity contribution is 0.245. The second-order valence-corrected chi connectivity index (χ2v) is 11.7. The molecular weight excluding hydrogens is 503 g/mol. The van der Waals surface area contributed by atoms with Crippen molar-refractivity contribution in [2.75, 3.05) is 44.4 Å². The maximum Gasteiger partial charge on any atom is 0.227 e. The molecule has 0 bridgehead atoms. The first kappa shape index (κ1) is 24.6. The van der Waals surface area contributed by atoms with Crippen LogP contribution in [0.2, 0.25) is 5.02 Å². The van der Waals surface area contributed by atoms with Gasteiger partial charge in [0.15, 0.2) is 5.82 Å². The number of hydrogen-bond acceptors (Lipinski definition) is 8. The van der Waals surface area contributed by atoms with Crippen molar-refractivity contribution in [2.45, 2.75) is 11.1 Å². The summed E-state index contributed by atoms with van der Waals surface area (Å²) in [5, 5.41) is 11.8. The molecule has 4 aromatic rings. The van der Waals surface area contributed by atoms with E-state index < -0.39 is 15.5 Å². The van der Waals surface area contributed by atoms with Crippen LogP contribution in [0.4, 0.5) is 10.3 Å². The minimum absolute atomic E-state index is 0.0131. The number of aromatic nitrogens is 2. The van der Waals surface area contributed by atoms with Crippen LogP contribution in [-0.4, -0.2) is 69.7 Å². The first-order valence-corrected chi connectivity index (χ1v) is 13.5. The lowest BCUT2D eigenvalue weighted by Crippen LogP contribution is -2.58. The van der Waals surface area contributed by atoms with Crippen molar-refractivity contribution >= 4 is 49.0 Å². The van der Waals surface area contributed by atoms with E-state index in [0.29, 0.717) is 24.0 Å². The number of hydrogen-bond donors (Lipinski definition) is 3. The fourth-order valence-corrected chi connectivity index (χ4v) is 6.07. The lowest BCUT2D eigenvalue weighted by atomic mass is 9.96. The van der Waals surface area contributed by atoms with Gasteiger partial charge in [0.25, 0.3) is 0 Å². The van der Waals surface area contributed by atoms with E-state index in [9.17, 15) is 9.32 Å². The molecule has 0 aliphatic carbocycles. The van der Waals surface area contributed by atoms with Gasteiger partial charge in [-0.25, -0.2) is 23.3 Å². The van der Waals surface area contributed by atoms with Gasteiger partial charge < -0.3 is 20.6 Å². The highest BCUT2D eigenvalue weighted by Gasteiger charge is 2.32. The van der Waals surface area contributed by atoms with Gasteiger partial charge in [-0.05, 0) is 48.6 Å². The Kier molecular flexibility index (Phi) is 6.24. The summed E-state index contributed by atoms with van der Waals surface area (Å²) in [6, 6.07) is 12.1. The second kappa shape index (κ2) is 9.11. The molecule has 1 aromatic heterocycles. The molecule has 0 amide bonds. The zero-order chi connectivity index (χ0) is 25.8. The van der Waals surface area contributed by atoms with E-state index in [1.54, 1.807) is 6.07 Å². The Morgan fingerprint density at radius 1 is 1.22 bits per heavy atom. The molecule has 1 saturated heterocycles. The number of anilines is 1. The highest BCUT2D eigenvalue weighted by atomic mass is 35.5. The largest absolute Gasteiger partial charge is 0.508 e. The van der Waals surface area contributed by atoms with Gasteiger partial charge in [0.2, 0.25) is 5.95 Å². The molecule has 1 unspecified atom stereocenters. The van der Waals surface area contributed by atoms with Crippen LogP contribution in [-0.2, 0) is 9.73 Å². The number of nitrogens with two attached hydrogens (primary N) is 1. The SMILES string of the molecule is CN(C)C1CN(c2nc(S(=N)(=O)CCN)c3cc(Cl)c(-c4cc(O)cc5ccccc45)c(F)c3n2)C1. The smallest absolute Gasteiger partial charge is 0.227 e. The Labute approximate surface area is 213 Å². The number of nitrogens with one attached hydrogen (secondary N) is 1. The minimum atomic E-state index is -3.44. The molecule has 0 radical (unpaired) electrons. The number of phenols is 1. The van der Waals surface area contributed by atoms with Crippen LogP contribution in [0.1, 0.15) is 0 Å². The van der Waals surface area contributed by atoms with E-state index in [1.165, 1.54) is 12.1 Å². The van der Waals surface area contributed by atoms with E-state index in [2.05, 4.69) is 14.9 Å². The van der Waals surface area contributed by atoms with Crippen molar-refractivity contribution in [3.63, 3.8) is 0 Å². The Morgan fingerprint density at radius 3 is 2.64 bits per heavy atom. The summed E-state index contributed by atoms with van der Waals surface area (Å²) in [6.45, 7) is 1.25. The monoisotopic (exact) mass is 528 g/mol. The third kappa shape index (κ3) is 4.13. The number of rotatable bonds is 6. The molecule has 36 heavy (non-hydrogen) atoms. The third-order valence-electron chi connectivity index (χ3n) is 6.55. The zero-order valence-corrected chi connectivity index (χ0v) is 21.4. The number of benzene rings is 3. The summed E-state index contributed by atoms with van der Waals surface area (Å²) in [5.41, 5.74) is 6.02. The predicted octanol–water partition coefficient (Wildman–Crippen LogP) is 4.06. The van der Waals surface area contributed by atoms with E-state index >= 15 is 4.39 Å². The summed E-state index contributed by atoms with van der Waals surface area (Å²) >= 11 is 6.62. The molecular formula is C25H26ClFN6O2S. The van der Waals surface area contributed by atoms with Crippen molar-refractivity contribution in [3.8, 4) is 16.9 Å². The molecule has 188 valence electrons. The van der Waals surface area contributed by atoms with Crippen LogP contribution in [0.5, 0.6) is 5.75 Å². The maximum atomic E-state index is 16.3. The fraction of sp³-hybridized carbons (Fsp3) is 0.280. The fourth-order valence-electron chi connectivity index (χ4n) is 4.51. The lowest BCUT2D eigenvalue weighted by Gasteiger charge is -2.42. The van der Waals surface area contributed by atoms with Crippen molar-refractivity contribution in [1.29, 1.82) is 4.78 Å². The molecule has 8 nitrogen and oxygen atoms in total. The summed E-state index contributed by atoms with van der Waals surface area (Å²) in [5.74, 6) is -0.682. The number of aromatic hydroxyl groups is 1. The summed E-state index contributed by atoms with van der Waals surface area (Å²) in [6.07, 6.45) is 0. The van der Waals surface area contributed by atoms with Crippen molar-refractivity contribution in [2.24, 2.45) is 5.73 Å². The van der Waals surface area contributed by atoms with Gasteiger partial charge in [-0.3, -0.25) is 0 Å². The number of nitrogens with zero attached hydrogens (tertiary/aromatic N) is 4. The molecule has 1 fully saturated rings. The van der Waals surface area contributed by atoms with Gasteiger partial charge in [0.1, 0.15) is 16.3 Å². The molecule has 5 rings (SSSR count).